The van der Waals surface area contributed by atoms with Crippen molar-refractivity contribution in [1.82, 2.24) is 5.43 Å². The predicted molar refractivity (Wildman–Crippen MR) is 99.5 cm³/mol. The Labute approximate surface area is 158 Å². The number of carbonyl (C=O) groups is 2. The lowest BCUT2D eigenvalue weighted by Gasteiger charge is -2.34. The van der Waals surface area contributed by atoms with E-state index >= 15 is 0 Å². The van der Waals surface area contributed by atoms with Crippen LogP contribution >= 0.6 is 0 Å². The quantitative estimate of drug-likeness (QED) is 0.645. The maximum absolute atomic E-state index is 12.2. The molecule has 0 aliphatic heterocycles. The summed E-state index contributed by atoms with van der Waals surface area (Å²) in [5, 5.41) is 4.34. The zero-order chi connectivity index (χ0) is 20.0. The number of ether oxygens (including phenoxy) is 1. The van der Waals surface area contributed by atoms with Gasteiger partial charge < -0.3 is 9.15 Å². The third kappa shape index (κ3) is 3.19. The summed E-state index contributed by atoms with van der Waals surface area (Å²) in [7, 11) is 0. The molecule has 2 atom stereocenters. The molecule has 2 aliphatic carbocycles. The van der Waals surface area contributed by atoms with Crippen LogP contribution in [-0.2, 0) is 9.53 Å². The van der Waals surface area contributed by atoms with Crippen molar-refractivity contribution in [1.29, 1.82) is 0 Å². The number of hydrogen-bond donors (Lipinski definition) is 1. The molecule has 0 saturated heterocycles. The van der Waals surface area contributed by atoms with Crippen LogP contribution in [0.1, 0.15) is 61.7 Å². The summed E-state index contributed by atoms with van der Waals surface area (Å²) in [4.78, 5) is 35.6. The normalized spacial score (nSPS) is 27.0. The van der Waals surface area contributed by atoms with Crippen LogP contribution in [0.2, 0.25) is 0 Å². The summed E-state index contributed by atoms with van der Waals surface area (Å²) in [6.45, 7) is 9.41. The van der Waals surface area contributed by atoms with Crippen LogP contribution in [0.15, 0.2) is 20.4 Å². The molecule has 7 heteroatoms. The second-order valence-corrected chi connectivity index (χ2v) is 8.34. The van der Waals surface area contributed by atoms with Gasteiger partial charge >= 0.3 is 11.6 Å². The first kappa shape index (κ1) is 19.3. The minimum absolute atomic E-state index is 0.00255. The second-order valence-electron chi connectivity index (χ2n) is 8.34. The van der Waals surface area contributed by atoms with Crippen LogP contribution in [0.25, 0.3) is 0 Å². The third-order valence-electron chi connectivity index (χ3n) is 6.70. The van der Waals surface area contributed by atoms with E-state index in [-0.39, 0.29) is 22.2 Å². The predicted octanol–water partition coefficient (Wildman–Crippen LogP) is 2.73. The molecule has 1 heterocycles. The first-order chi connectivity index (χ1) is 12.6. The minimum atomic E-state index is -0.704. The van der Waals surface area contributed by atoms with Crippen molar-refractivity contribution >= 4 is 17.6 Å². The van der Waals surface area contributed by atoms with Gasteiger partial charge in [-0.05, 0) is 50.0 Å². The number of fused-ring (bicyclic) bond motifs is 2. The van der Waals surface area contributed by atoms with Gasteiger partial charge in [0.2, 0.25) is 0 Å². The van der Waals surface area contributed by atoms with E-state index in [1.165, 1.54) is 19.4 Å². The number of hydrazone groups is 1. The number of amides is 1. The Bertz CT molecular complexity index is 857. The average molecular weight is 374 g/mol. The molecule has 2 aliphatic rings. The molecule has 146 valence electrons. The molecule has 3 rings (SSSR count). The minimum Gasteiger partial charge on any atom is -0.452 e. The number of rotatable bonds is 4. The maximum atomic E-state index is 12.2. The molecular weight excluding hydrogens is 348 g/mol. The van der Waals surface area contributed by atoms with Gasteiger partial charge in [-0.3, -0.25) is 4.79 Å². The third-order valence-corrected chi connectivity index (χ3v) is 6.70. The number of hydrogen-bond acceptors (Lipinski definition) is 6. The van der Waals surface area contributed by atoms with Crippen LogP contribution in [0.5, 0.6) is 0 Å². The van der Waals surface area contributed by atoms with Gasteiger partial charge in [0.1, 0.15) is 11.3 Å². The van der Waals surface area contributed by atoms with E-state index < -0.39 is 24.1 Å². The van der Waals surface area contributed by atoms with E-state index in [4.69, 9.17) is 9.15 Å². The van der Waals surface area contributed by atoms with Gasteiger partial charge in [-0.2, -0.15) is 5.10 Å². The highest BCUT2D eigenvalue weighted by Gasteiger charge is 2.60. The lowest BCUT2D eigenvalue weighted by Crippen LogP contribution is -2.35. The van der Waals surface area contributed by atoms with Crippen LogP contribution in [-0.4, -0.2) is 24.2 Å². The largest absolute Gasteiger partial charge is 0.452 e. The number of esters is 1. The number of aryl methyl sites for hydroxylation is 2. The van der Waals surface area contributed by atoms with Crippen molar-refractivity contribution in [3.8, 4) is 0 Å². The molecule has 1 aromatic rings. The lowest BCUT2D eigenvalue weighted by molar-refractivity contribution is -0.124. The van der Waals surface area contributed by atoms with Gasteiger partial charge in [0.15, 0.2) is 6.61 Å². The van der Waals surface area contributed by atoms with Crippen LogP contribution < -0.4 is 11.1 Å². The molecule has 1 amide bonds. The molecule has 2 saturated carbocycles. The summed E-state index contributed by atoms with van der Waals surface area (Å²) in [5.74, 6) is -0.435. The molecule has 2 bridgehead atoms. The van der Waals surface area contributed by atoms with Gasteiger partial charge in [-0.25, -0.2) is 15.0 Å². The van der Waals surface area contributed by atoms with Crippen LogP contribution in [0, 0.1) is 30.6 Å². The first-order valence-corrected chi connectivity index (χ1v) is 9.20. The fourth-order valence-corrected chi connectivity index (χ4v) is 4.53. The average Bonchev–Trinajstić information content (AvgIpc) is 2.90. The molecule has 1 aromatic heterocycles. The summed E-state index contributed by atoms with van der Waals surface area (Å²) in [6.07, 6.45) is 3.16. The van der Waals surface area contributed by atoms with Crippen LogP contribution in [0.4, 0.5) is 0 Å². The molecule has 27 heavy (non-hydrogen) atoms. The van der Waals surface area contributed by atoms with Crippen molar-refractivity contribution < 1.29 is 18.7 Å². The molecule has 2 fully saturated rings. The maximum Gasteiger partial charge on any atom is 0.342 e. The van der Waals surface area contributed by atoms with E-state index in [0.29, 0.717) is 11.5 Å². The van der Waals surface area contributed by atoms with E-state index in [1.54, 1.807) is 6.92 Å². The Morgan fingerprint density at radius 2 is 2.04 bits per heavy atom. The Kier molecular flexibility index (Phi) is 4.74. The van der Waals surface area contributed by atoms with Gasteiger partial charge in [0.05, 0.1) is 0 Å². The topological polar surface area (TPSA) is 98.0 Å². The van der Waals surface area contributed by atoms with E-state index in [0.717, 1.165) is 18.6 Å². The molecule has 1 N–H and O–H groups in total. The first-order valence-electron chi connectivity index (χ1n) is 9.20. The monoisotopic (exact) mass is 374 g/mol. The van der Waals surface area contributed by atoms with Crippen molar-refractivity contribution in [2.45, 2.75) is 53.9 Å². The van der Waals surface area contributed by atoms with E-state index in [9.17, 15) is 14.4 Å². The summed E-state index contributed by atoms with van der Waals surface area (Å²) >= 11 is 0. The van der Waals surface area contributed by atoms with Gasteiger partial charge in [-0.15, -0.1) is 0 Å². The Morgan fingerprint density at radius 3 is 2.59 bits per heavy atom. The van der Waals surface area contributed by atoms with Crippen LogP contribution in [0.3, 0.4) is 0 Å². The standard InChI is InChI=1S/C20H26N2O5/c1-11-8-16(24)27-12(2)17(11)18(25)26-10-15(23)22-21-14-9-13-6-7-20(14,5)19(13,3)4/h8,13H,6-7,9-10H2,1-5H3,(H,22,23)/b21-14-. The van der Waals surface area contributed by atoms with E-state index in [2.05, 4.69) is 31.3 Å². The Balaban J connectivity index is 1.60. The lowest BCUT2D eigenvalue weighted by atomic mass is 9.70. The highest BCUT2D eigenvalue weighted by molar-refractivity contribution is 5.96. The Morgan fingerprint density at radius 1 is 1.33 bits per heavy atom. The number of carbonyl (C=O) groups excluding carboxylic acids is 2. The fraction of sp³-hybridized carbons (Fsp3) is 0.600. The van der Waals surface area contributed by atoms with E-state index in [1.807, 2.05) is 0 Å². The smallest absolute Gasteiger partial charge is 0.342 e. The number of nitrogens with zero attached hydrogens (tertiary/aromatic N) is 1. The zero-order valence-electron chi connectivity index (χ0n) is 16.5. The molecule has 2 unspecified atom stereocenters. The molecule has 0 spiro atoms. The Hall–Kier alpha value is -2.44. The molecule has 7 nitrogen and oxygen atoms in total. The SMILES string of the molecule is Cc1cc(=O)oc(C)c1C(=O)OCC(=O)N/N=C1/CC2CCC1(C)C2(C)C. The van der Waals surface area contributed by atoms with Crippen molar-refractivity contribution in [2.24, 2.45) is 21.8 Å². The fourth-order valence-electron chi connectivity index (χ4n) is 4.53. The van der Waals surface area contributed by atoms with Crippen molar-refractivity contribution in [2.75, 3.05) is 6.61 Å². The summed E-state index contributed by atoms with van der Waals surface area (Å²) in [5.41, 5.74) is 3.79. The second kappa shape index (κ2) is 6.62. The van der Waals surface area contributed by atoms with Gasteiger partial charge in [-0.1, -0.05) is 20.8 Å². The highest BCUT2D eigenvalue weighted by atomic mass is 16.5. The van der Waals surface area contributed by atoms with Crippen molar-refractivity contribution in [3.63, 3.8) is 0 Å². The molecular formula is C20H26N2O5. The van der Waals surface area contributed by atoms with Crippen molar-refractivity contribution in [3.05, 3.63) is 33.4 Å². The van der Waals surface area contributed by atoms with Gasteiger partial charge in [0, 0.05) is 17.2 Å². The molecule has 0 aromatic carbocycles. The molecule has 0 radical (unpaired) electrons. The highest BCUT2D eigenvalue weighted by Crippen LogP contribution is 2.63. The summed E-state index contributed by atoms with van der Waals surface area (Å²) in [6, 6.07) is 1.22. The summed E-state index contributed by atoms with van der Waals surface area (Å²) < 4.78 is 9.96. The zero-order valence-corrected chi connectivity index (χ0v) is 16.5. The number of nitrogens with one attached hydrogen (secondary N) is 1. The van der Waals surface area contributed by atoms with Gasteiger partial charge in [0.25, 0.3) is 5.91 Å².